The highest BCUT2D eigenvalue weighted by Gasteiger charge is 2.50. The molecule has 1 atom stereocenters. The first kappa shape index (κ1) is 21.5. The lowest BCUT2D eigenvalue weighted by molar-refractivity contribution is -0.0191. The number of rotatable bonds is 6. The molecule has 0 radical (unpaired) electrons. The third-order valence-electron chi connectivity index (χ3n) is 6.01. The van der Waals surface area contributed by atoms with E-state index in [0.29, 0.717) is 44.0 Å². The molecule has 1 unspecified atom stereocenters. The maximum absolute atomic E-state index is 14.4. The Bertz CT molecular complexity index is 1210. The van der Waals surface area contributed by atoms with E-state index in [1.807, 2.05) is 18.9 Å². The highest BCUT2D eigenvalue weighted by atomic mass is 19.1. The zero-order chi connectivity index (χ0) is 23.2. The van der Waals surface area contributed by atoms with Crippen LogP contribution in [0.25, 0.3) is 5.65 Å². The molecule has 11 heteroatoms. The Labute approximate surface area is 190 Å². The van der Waals surface area contributed by atoms with Crippen molar-refractivity contribution in [1.29, 1.82) is 0 Å². The number of likely N-dealkylation sites (N-methyl/N-ethyl adjacent to an activating group) is 1. The van der Waals surface area contributed by atoms with Gasteiger partial charge in [0.2, 0.25) is 11.8 Å². The smallest absolute Gasteiger partial charge is 0.262 e. The second-order valence-corrected chi connectivity index (χ2v) is 8.51. The van der Waals surface area contributed by atoms with Crippen LogP contribution >= 0.6 is 0 Å². The van der Waals surface area contributed by atoms with Crippen LogP contribution in [-0.2, 0) is 4.74 Å². The van der Waals surface area contributed by atoms with Gasteiger partial charge in [-0.1, -0.05) is 0 Å². The summed E-state index contributed by atoms with van der Waals surface area (Å²) in [6.07, 6.45) is 5.67. The van der Waals surface area contributed by atoms with E-state index in [1.54, 1.807) is 19.3 Å². The molecule has 2 N–H and O–H groups in total. The molecule has 2 saturated heterocycles. The molecule has 2 aliphatic rings. The Balaban J connectivity index is 1.33. The van der Waals surface area contributed by atoms with Crippen LogP contribution in [0.4, 0.5) is 16.0 Å². The SMILES string of the molecule is CCOc1nc(N2CC3(CC(NC)CO3)C2)ncc1C(=O)Nc1cc(F)c2nc(C)cn2c1. The van der Waals surface area contributed by atoms with Gasteiger partial charge in [-0.3, -0.25) is 4.79 Å². The van der Waals surface area contributed by atoms with Gasteiger partial charge in [0.05, 0.1) is 37.7 Å². The van der Waals surface area contributed by atoms with E-state index in [4.69, 9.17) is 9.47 Å². The van der Waals surface area contributed by atoms with E-state index >= 15 is 0 Å². The fraction of sp³-hybridized carbons (Fsp3) is 0.455. The summed E-state index contributed by atoms with van der Waals surface area (Å²) in [5.41, 5.74) is 1.17. The van der Waals surface area contributed by atoms with Crippen LogP contribution in [0.3, 0.4) is 0 Å². The zero-order valence-corrected chi connectivity index (χ0v) is 18.8. The van der Waals surface area contributed by atoms with Crippen molar-refractivity contribution in [3.63, 3.8) is 0 Å². The van der Waals surface area contributed by atoms with Gasteiger partial charge in [-0.2, -0.15) is 4.98 Å². The number of pyridine rings is 1. The molecule has 0 saturated carbocycles. The van der Waals surface area contributed by atoms with Crippen molar-refractivity contribution in [1.82, 2.24) is 24.7 Å². The van der Waals surface area contributed by atoms with Gasteiger partial charge in [-0.25, -0.2) is 14.4 Å². The minimum absolute atomic E-state index is 0.172. The fourth-order valence-corrected chi connectivity index (χ4v) is 4.40. The average Bonchev–Trinajstić information content (AvgIpc) is 3.36. The summed E-state index contributed by atoms with van der Waals surface area (Å²) < 4.78 is 27.5. The summed E-state index contributed by atoms with van der Waals surface area (Å²) in [5, 5.41) is 5.95. The Hall–Kier alpha value is -3.31. The number of ether oxygens (including phenoxy) is 2. The Kier molecular flexibility index (Phi) is 5.37. The largest absolute Gasteiger partial charge is 0.477 e. The molecular weight excluding hydrogens is 429 g/mol. The van der Waals surface area contributed by atoms with E-state index in [-0.39, 0.29) is 28.4 Å². The highest BCUT2D eigenvalue weighted by Crippen LogP contribution is 2.37. The maximum atomic E-state index is 14.4. The van der Waals surface area contributed by atoms with Crippen LogP contribution in [0, 0.1) is 12.7 Å². The summed E-state index contributed by atoms with van der Waals surface area (Å²) in [5.74, 6) is -0.351. The number of aryl methyl sites for hydroxylation is 1. The number of hydrogen-bond donors (Lipinski definition) is 2. The highest BCUT2D eigenvalue weighted by molar-refractivity contribution is 6.05. The van der Waals surface area contributed by atoms with Crippen LogP contribution < -0.4 is 20.3 Å². The quantitative estimate of drug-likeness (QED) is 0.580. The van der Waals surface area contributed by atoms with Gasteiger partial charge in [-0.15, -0.1) is 0 Å². The number of fused-ring (bicyclic) bond motifs is 1. The molecule has 3 aromatic heterocycles. The van der Waals surface area contributed by atoms with Gasteiger partial charge < -0.3 is 29.4 Å². The first-order valence-corrected chi connectivity index (χ1v) is 10.9. The van der Waals surface area contributed by atoms with Crippen molar-refractivity contribution in [3.8, 4) is 5.88 Å². The molecule has 2 aliphatic heterocycles. The van der Waals surface area contributed by atoms with Gasteiger partial charge >= 0.3 is 0 Å². The summed E-state index contributed by atoms with van der Waals surface area (Å²) in [6.45, 7) is 5.99. The minimum Gasteiger partial charge on any atom is -0.477 e. The van der Waals surface area contributed by atoms with Crippen LogP contribution in [0.1, 0.15) is 29.4 Å². The third-order valence-corrected chi connectivity index (χ3v) is 6.01. The van der Waals surface area contributed by atoms with Crippen LogP contribution in [-0.4, -0.2) is 70.3 Å². The Morgan fingerprint density at radius 2 is 2.18 bits per heavy atom. The fourth-order valence-electron chi connectivity index (χ4n) is 4.40. The minimum atomic E-state index is -0.529. The standard InChI is InChI=1S/C22H26FN7O3/c1-4-32-20-16(19(31)27-14-5-17(23)18-26-13(2)8-29(18)9-14)7-25-21(28-20)30-11-22(12-30)6-15(24-3)10-33-22/h5,7-9,15,24H,4,6,10-12H2,1-3H3,(H,27,31). The molecule has 0 aliphatic carbocycles. The van der Waals surface area contributed by atoms with Gasteiger partial charge in [-0.05, 0) is 27.3 Å². The molecular formula is C22H26FN7O3. The van der Waals surface area contributed by atoms with Crippen LogP contribution in [0.2, 0.25) is 0 Å². The molecule has 10 nitrogen and oxygen atoms in total. The summed E-state index contributed by atoms with van der Waals surface area (Å²) in [7, 11) is 1.94. The first-order chi connectivity index (χ1) is 15.9. The Morgan fingerprint density at radius 3 is 2.91 bits per heavy atom. The second kappa shape index (κ2) is 8.23. The predicted molar refractivity (Wildman–Crippen MR) is 119 cm³/mol. The number of hydrogen-bond acceptors (Lipinski definition) is 8. The lowest BCUT2D eigenvalue weighted by Gasteiger charge is -2.47. The number of imidazole rings is 1. The van der Waals surface area contributed by atoms with Crippen molar-refractivity contribution >= 4 is 23.2 Å². The monoisotopic (exact) mass is 455 g/mol. The molecule has 0 bridgehead atoms. The first-order valence-electron chi connectivity index (χ1n) is 10.9. The molecule has 5 heterocycles. The second-order valence-electron chi connectivity index (χ2n) is 8.51. The summed E-state index contributed by atoms with van der Waals surface area (Å²) in [4.78, 5) is 27.9. The van der Waals surface area contributed by atoms with E-state index in [2.05, 4.69) is 25.6 Å². The molecule has 1 spiro atoms. The molecule has 174 valence electrons. The zero-order valence-electron chi connectivity index (χ0n) is 18.8. The number of nitrogens with zero attached hydrogens (tertiary/aromatic N) is 5. The van der Waals surface area contributed by atoms with E-state index in [1.165, 1.54) is 16.7 Å². The van der Waals surface area contributed by atoms with E-state index in [0.717, 1.165) is 6.42 Å². The molecule has 0 aromatic carbocycles. The van der Waals surface area contributed by atoms with E-state index in [9.17, 15) is 9.18 Å². The Morgan fingerprint density at radius 1 is 1.36 bits per heavy atom. The molecule has 3 aromatic rings. The number of nitrogens with one attached hydrogen (secondary N) is 2. The summed E-state index contributed by atoms with van der Waals surface area (Å²) >= 11 is 0. The lowest BCUT2D eigenvalue weighted by atomic mass is 9.90. The summed E-state index contributed by atoms with van der Waals surface area (Å²) in [6, 6.07) is 1.59. The van der Waals surface area contributed by atoms with Crippen molar-refractivity contribution in [2.45, 2.75) is 31.9 Å². The van der Waals surface area contributed by atoms with Crippen molar-refractivity contribution in [3.05, 3.63) is 41.7 Å². The number of carbonyl (C=O) groups is 1. The molecule has 1 amide bonds. The molecule has 5 rings (SSSR count). The number of halogens is 1. The molecule has 2 fully saturated rings. The normalized spacial score (nSPS) is 19.2. The average molecular weight is 455 g/mol. The van der Waals surface area contributed by atoms with E-state index < -0.39 is 11.7 Å². The number of anilines is 2. The number of carbonyl (C=O) groups excluding carboxylic acids is 1. The number of amides is 1. The van der Waals surface area contributed by atoms with Crippen molar-refractivity contribution < 1.29 is 18.7 Å². The van der Waals surface area contributed by atoms with Crippen molar-refractivity contribution in [2.24, 2.45) is 0 Å². The van der Waals surface area contributed by atoms with Crippen LogP contribution in [0.5, 0.6) is 5.88 Å². The van der Waals surface area contributed by atoms with Gasteiger partial charge in [0.15, 0.2) is 11.5 Å². The van der Waals surface area contributed by atoms with Gasteiger partial charge in [0, 0.05) is 30.7 Å². The maximum Gasteiger partial charge on any atom is 0.262 e. The lowest BCUT2D eigenvalue weighted by Crippen LogP contribution is -2.62. The number of aromatic nitrogens is 4. The van der Waals surface area contributed by atoms with Crippen LogP contribution in [0.15, 0.2) is 24.7 Å². The third kappa shape index (κ3) is 3.98. The molecule has 33 heavy (non-hydrogen) atoms. The predicted octanol–water partition coefficient (Wildman–Crippen LogP) is 1.79. The van der Waals surface area contributed by atoms with Gasteiger partial charge in [0.1, 0.15) is 11.2 Å². The van der Waals surface area contributed by atoms with Gasteiger partial charge in [0.25, 0.3) is 5.91 Å². The van der Waals surface area contributed by atoms with Crippen molar-refractivity contribution in [2.75, 3.05) is 43.6 Å². The topological polar surface area (TPSA) is 106 Å².